The molecule has 2 N–H and O–H groups in total. The summed E-state index contributed by atoms with van der Waals surface area (Å²) in [4.78, 5) is 28.1. The lowest BCUT2D eigenvalue weighted by Crippen LogP contribution is -2.11. The van der Waals surface area contributed by atoms with Gasteiger partial charge in [-0.1, -0.05) is 18.3 Å². The number of aromatic amines is 2. The van der Waals surface area contributed by atoms with Gasteiger partial charge in [0.1, 0.15) is 5.75 Å². The number of rotatable bonds is 6. The van der Waals surface area contributed by atoms with Gasteiger partial charge in [0.05, 0.1) is 22.8 Å². The van der Waals surface area contributed by atoms with E-state index >= 15 is 0 Å². The van der Waals surface area contributed by atoms with Crippen molar-refractivity contribution in [2.75, 3.05) is 5.75 Å². The molecule has 0 saturated heterocycles. The summed E-state index contributed by atoms with van der Waals surface area (Å²) in [6.45, 7) is 4.24. The third kappa shape index (κ3) is 4.68. The zero-order valence-electron chi connectivity index (χ0n) is 18.7. The Bertz CT molecular complexity index is 1410. The van der Waals surface area contributed by atoms with E-state index in [1.165, 1.54) is 0 Å². The van der Waals surface area contributed by atoms with Gasteiger partial charge in [-0.2, -0.15) is 0 Å². The molecule has 0 fully saturated rings. The topological polar surface area (TPSA) is 86.8 Å². The molecule has 5 rings (SSSR count). The molecular weight excluding hydrogens is 430 g/mol. The summed E-state index contributed by atoms with van der Waals surface area (Å²) in [7, 11) is 0. The van der Waals surface area contributed by atoms with E-state index in [1.54, 1.807) is 0 Å². The van der Waals surface area contributed by atoms with Gasteiger partial charge < -0.3 is 9.97 Å². The van der Waals surface area contributed by atoms with Crippen LogP contribution < -0.4 is 0 Å². The molecule has 166 valence electrons. The van der Waals surface area contributed by atoms with Crippen LogP contribution in [0.1, 0.15) is 60.3 Å². The maximum atomic E-state index is 11.7. The van der Waals surface area contributed by atoms with Crippen molar-refractivity contribution in [1.29, 1.82) is 0 Å². The minimum Gasteiger partial charge on any atom is -0.355 e. The number of hydrogen-bond acceptors (Lipinski definition) is 4. The van der Waals surface area contributed by atoms with Crippen LogP contribution in [-0.2, 0) is 11.1 Å². The zero-order valence-corrected chi connectivity index (χ0v) is 19.5. The van der Waals surface area contributed by atoms with E-state index in [4.69, 9.17) is 4.98 Å². The van der Waals surface area contributed by atoms with Crippen molar-refractivity contribution in [2.24, 2.45) is 4.58 Å². The zero-order chi connectivity index (χ0) is 22.8. The van der Waals surface area contributed by atoms with E-state index in [2.05, 4.69) is 57.6 Å². The van der Waals surface area contributed by atoms with Crippen LogP contribution in [0, 0.1) is 4.91 Å². The summed E-state index contributed by atoms with van der Waals surface area (Å²) in [6, 6.07) is 14.4. The van der Waals surface area contributed by atoms with Crippen LogP contribution in [0.15, 0.2) is 47.0 Å². The van der Waals surface area contributed by atoms with Gasteiger partial charge in [-0.15, -0.1) is 0 Å². The first-order valence-corrected chi connectivity index (χ1v) is 12.6. The van der Waals surface area contributed by atoms with Crippen molar-refractivity contribution in [3.8, 4) is 0 Å². The Labute approximate surface area is 195 Å². The lowest BCUT2D eigenvalue weighted by Gasteiger charge is -2.06. The van der Waals surface area contributed by atoms with Crippen LogP contribution in [-0.4, -0.2) is 25.7 Å². The molecule has 1 unspecified atom stereocenters. The van der Waals surface area contributed by atoms with Gasteiger partial charge in [-0.3, -0.25) is 0 Å². The van der Waals surface area contributed by atoms with Gasteiger partial charge in [-0.05, 0) is 80.1 Å². The van der Waals surface area contributed by atoms with E-state index in [9.17, 15) is 4.91 Å². The molecule has 6 nitrogen and oxygen atoms in total. The largest absolute Gasteiger partial charge is 0.355 e. The number of H-pyrrole nitrogens is 2. The van der Waals surface area contributed by atoms with Gasteiger partial charge in [-0.25, -0.2) is 9.97 Å². The highest BCUT2D eigenvalue weighted by Crippen LogP contribution is 2.31. The molecule has 7 heteroatoms. The van der Waals surface area contributed by atoms with Crippen LogP contribution in [0.5, 0.6) is 0 Å². The maximum Gasteiger partial charge on any atom is 0.180 e. The summed E-state index contributed by atoms with van der Waals surface area (Å²) < 4.78 is 3.50. The molecule has 0 aliphatic carbocycles. The first-order valence-electron chi connectivity index (χ1n) is 11.2. The van der Waals surface area contributed by atoms with Crippen molar-refractivity contribution >= 4 is 57.5 Å². The fraction of sp³-hybridized carbons (Fsp3) is 0.231. The van der Waals surface area contributed by atoms with Crippen LogP contribution in [0.2, 0.25) is 0 Å². The Morgan fingerprint density at radius 1 is 0.848 bits per heavy atom. The smallest absolute Gasteiger partial charge is 0.180 e. The molecule has 8 bridgehead atoms. The number of aromatic nitrogens is 4. The van der Waals surface area contributed by atoms with E-state index < -0.39 is 11.1 Å². The molecule has 0 spiro atoms. The van der Waals surface area contributed by atoms with Gasteiger partial charge in [0, 0.05) is 27.6 Å². The third-order valence-electron chi connectivity index (χ3n) is 5.85. The highest BCUT2D eigenvalue weighted by molar-refractivity contribution is 7.95. The van der Waals surface area contributed by atoms with Gasteiger partial charge in [0.2, 0.25) is 0 Å². The lowest BCUT2D eigenvalue weighted by atomic mass is 10.2. The predicted molar refractivity (Wildman–Crippen MR) is 140 cm³/mol. The van der Waals surface area contributed by atoms with Crippen molar-refractivity contribution in [2.45, 2.75) is 31.9 Å². The molecule has 0 saturated carbocycles. The van der Waals surface area contributed by atoms with Crippen LogP contribution in [0.3, 0.4) is 0 Å². The minimum absolute atomic E-state index is 0.0287. The first kappa shape index (κ1) is 21.4. The fourth-order valence-corrected chi connectivity index (χ4v) is 5.72. The second kappa shape index (κ2) is 9.19. The number of fused-ring (bicyclic) bond motifs is 8. The third-order valence-corrected chi connectivity index (χ3v) is 7.82. The van der Waals surface area contributed by atoms with E-state index in [1.807, 2.05) is 42.5 Å². The minimum atomic E-state index is -0.566. The van der Waals surface area contributed by atoms with Crippen molar-refractivity contribution in [3.05, 3.63) is 75.7 Å². The predicted octanol–water partition coefficient (Wildman–Crippen LogP) is 6.82. The second-order valence-corrected chi connectivity index (χ2v) is 10.4. The summed E-state index contributed by atoms with van der Waals surface area (Å²) in [5, 5.41) is 0.0287. The Hall–Kier alpha value is -3.45. The van der Waals surface area contributed by atoms with E-state index in [0.717, 1.165) is 69.0 Å². The number of hydrogen-bond donors (Lipinski definition) is 2. The second-order valence-electron chi connectivity index (χ2n) is 8.31. The average Bonchev–Trinajstić information content (AvgIpc) is 3.59. The number of unbranched alkanes of at least 4 members (excludes halogenated alkanes) is 1. The Kier molecular flexibility index (Phi) is 5.96. The van der Waals surface area contributed by atoms with Crippen molar-refractivity contribution < 1.29 is 0 Å². The SMILES string of the molecule is CCCC[S+](N=O)[C@@H](C)c1cc2cc3ccc(cc4nc(cc5nc(cc1[nH]2)C=C5)C=C4)[nH]3. The van der Waals surface area contributed by atoms with Gasteiger partial charge >= 0.3 is 0 Å². The van der Waals surface area contributed by atoms with Crippen LogP contribution in [0.25, 0.3) is 46.4 Å². The van der Waals surface area contributed by atoms with Gasteiger partial charge in [0.25, 0.3) is 0 Å². The van der Waals surface area contributed by atoms with E-state index in [0.29, 0.717) is 0 Å². The molecule has 0 amide bonds. The van der Waals surface area contributed by atoms with Crippen molar-refractivity contribution in [3.63, 3.8) is 0 Å². The Morgan fingerprint density at radius 3 is 2.15 bits per heavy atom. The molecular formula is C26H26N5OS+. The van der Waals surface area contributed by atoms with Gasteiger partial charge in [0.15, 0.2) is 20.9 Å². The fourth-order valence-electron chi connectivity index (χ4n) is 4.09. The Balaban J connectivity index is 1.73. The number of nitrogens with zero attached hydrogens (tertiary/aromatic N) is 3. The standard InChI is InChI=1S/C26H26N5OS/c1-3-4-11-33(31-32)17(2)25-15-24-14-22-8-7-20(28-22)12-18-5-6-19(27-18)13-21-9-10-23(29-21)16-26(25)30-24/h5-10,12-17,28,30H,3-4,11H2,1-2H3/q+1/t17-,33?/m0/s1. The summed E-state index contributed by atoms with van der Waals surface area (Å²) in [6.07, 6.45) is 10.1. The summed E-state index contributed by atoms with van der Waals surface area (Å²) in [5.74, 6) is 0.822. The molecule has 3 aromatic heterocycles. The molecule has 33 heavy (non-hydrogen) atoms. The number of nitrogens with one attached hydrogen (secondary N) is 2. The molecule has 0 aromatic carbocycles. The van der Waals surface area contributed by atoms with Crippen LogP contribution >= 0.6 is 0 Å². The first-order chi connectivity index (χ1) is 16.1. The lowest BCUT2D eigenvalue weighted by molar-refractivity contribution is 0.886. The highest BCUT2D eigenvalue weighted by atomic mass is 32.2. The summed E-state index contributed by atoms with van der Waals surface area (Å²) >= 11 is -0.566. The van der Waals surface area contributed by atoms with Crippen molar-refractivity contribution in [1.82, 2.24) is 19.9 Å². The number of nitroso groups, excluding NO2 is 1. The average molecular weight is 457 g/mol. The molecule has 2 atom stereocenters. The molecule has 2 aliphatic rings. The molecule has 5 heterocycles. The quantitative estimate of drug-likeness (QED) is 0.217. The maximum absolute atomic E-state index is 11.7. The summed E-state index contributed by atoms with van der Waals surface area (Å²) in [5.41, 5.74) is 8.53. The highest BCUT2D eigenvalue weighted by Gasteiger charge is 2.31. The van der Waals surface area contributed by atoms with Crippen LogP contribution in [0.4, 0.5) is 0 Å². The normalized spacial score (nSPS) is 14.4. The van der Waals surface area contributed by atoms with E-state index in [-0.39, 0.29) is 5.25 Å². The monoisotopic (exact) mass is 456 g/mol. The Morgan fingerprint density at radius 2 is 1.48 bits per heavy atom. The molecule has 2 aliphatic heterocycles. The molecule has 3 aromatic rings. The molecule has 0 radical (unpaired) electrons.